The second kappa shape index (κ2) is 6.74. The smallest absolute Gasteiger partial charge is 0.229 e. The quantitative estimate of drug-likeness (QED) is 0.857. The fraction of sp³-hybridized carbons (Fsp3) is 0.529. The minimum atomic E-state index is 0.0198. The summed E-state index contributed by atoms with van der Waals surface area (Å²) in [5.41, 5.74) is 0.920. The molecule has 1 aliphatic heterocycles. The van der Waals surface area contributed by atoms with Crippen LogP contribution in [0.5, 0.6) is 0 Å². The molecule has 2 rings (SSSR count). The van der Waals surface area contributed by atoms with E-state index < -0.39 is 0 Å². The molecule has 2 amide bonds. The number of anilines is 1. The third-order valence-corrected chi connectivity index (χ3v) is 4.12. The molecule has 0 saturated carbocycles. The lowest BCUT2D eigenvalue weighted by molar-refractivity contribution is -0.137. The number of rotatable bonds is 3. The van der Waals surface area contributed by atoms with Gasteiger partial charge in [0.15, 0.2) is 0 Å². The summed E-state index contributed by atoms with van der Waals surface area (Å²) in [5, 5.41) is 0. The molecule has 0 atom stereocenters. The molecule has 1 heterocycles. The van der Waals surface area contributed by atoms with Crippen LogP contribution in [0.4, 0.5) is 5.69 Å². The summed E-state index contributed by atoms with van der Waals surface area (Å²) in [4.78, 5) is 28.1. The number of nitrogens with zero attached hydrogens (tertiary/aromatic N) is 2. The lowest BCUT2D eigenvalue weighted by atomic mass is 9.94. The fourth-order valence-electron chi connectivity index (χ4n) is 2.76. The Labute approximate surface area is 126 Å². The van der Waals surface area contributed by atoms with Gasteiger partial charge in [-0.2, -0.15) is 0 Å². The first-order valence-corrected chi connectivity index (χ1v) is 7.62. The van der Waals surface area contributed by atoms with Gasteiger partial charge in [-0.25, -0.2) is 0 Å². The van der Waals surface area contributed by atoms with Crippen LogP contribution < -0.4 is 4.90 Å². The first-order valence-electron chi connectivity index (χ1n) is 7.62. The number of amides is 2. The van der Waals surface area contributed by atoms with Crippen molar-refractivity contribution < 1.29 is 9.59 Å². The first kappa shape index (κ1) is 15.5. The van der Waals surface area contributed by atoms with Gasteiger partial charge in [0.25, 0.3) is 0 Å². The highest BCUT2D eigenvalue weighted by Crippen LogP contribution is 2.23. The minimum absolute atomic E-state index is 0.0198. The standard InChI is InChI=1S/C17H24N2O2/c1-13(2)16(20)19-11-9-14(10-12-19)17(21)18(3)15-7-5-4-6-8-15/h4-8,13-14H,9-12H2,1-3H3. The van der Waals surface area contributed by atoms with E-state index in [0.29, 0.717) is 13.1 Å². The molecule has 1 aromatic rings. The number of benzene rings is 1. The van der Waals surface area contributed by atoms with E-state index in [1.165, 1.54) is 0 Å². The molecule has 1 saturated heterocycles. The Morgan fingerprint density at radius 2 is 1.71 bits per heavy atom. The van der Waals surface area contributed by atoms with E-state index in [9.17, 15) is 9.59 Å². The highest BCUT2D eigenvalue weighted by atomic mass is 16.2. The maximum absolute atomic E-state index is 12.5. The maximum atomic E-state index is 12.5. The molecule has 114 valence electrons. The second-order valence-electron chi connectivity index (χ2n) is 5.99. The SMILES string of the molecule is CC(C)C(=O)N1CCC(C(=O)N(C)c2ccccc2)CC1. The number of hydrogen-bond acceptors (Lipinski definition) is 2. The molecular weight excluding hydrogens is 264 g/mol. The molecule has 0 radical (unpaired) electrons. The molecule has 0 N–H and O–H groups in total. The molecule has 4 heteroatoms. The van der Waals surface area contributed by atoms with Crippen molar-refractivity contribution in [2.45, 2.75) is 26.7 Å². The largest absolute Gasteiger partial charge is 0.342 e. The number of hydrogen-bond donors (Lipinski definition) is 0. The number of carbonyl (C=O) groups excluding carboxylic acids is 2. The highest BCUT2D eigenvalue weighted by Gasteiger charge is 2.30. The highest BCUT2D eigenvalue weighted by molar-refractivity contribution is 5.94. The molecule has 1 fully saturated rings. The van der Waals surface area contributed by atoms with Crippen molar-refractivity contribution in [3.05, 3.63) is 30.3 Å². The summed E-state index contributed by atoms with van der Waals surface area (Å²) in [7, 11) is 1.82. The van der Waals surface area contributed by atoms with E-state index in [2.05, 4.69) is 0 Å². The molecule has 0 unspecified atom stereocenters. The zero-order valence-corrected chi connectivity index (χ0v) is 13.1. The monoisotopic (exact) mass is 288 g/mol. The predicted molar refractivity (Wildman–Crippen MR) is 84.0 cm³/mol. The van der Waals surface area contributed by atoms with Crippen molar-refractivity contribution in [3.63, 3.8) is 0 Å². The van der Waals surface area contributed by atoms with E-state index in [-0.39, 0.29) is 23.7 Å². The van der Waals surface area contributed by atoms with Crippen molar-refractivity contribution in [1.29, 1.82) is 0 Å². The van der Waals surface area contributed by atoms with Crippen LogP contribution in [0.2, 0.25) is 0 Å². The lowest BCUT2D eigenvalue weighted by Gasteiger charge is -2.34. The topological polar surface area (TPSA) is 40.6 Å². The van der Waals surface area contributed by atoms with Crippen molar-refractivity contribution in [2.75, 3.05) is 25.0 Å². The second-order valence-corrected chi connectivity index (χ2v) is 5.99. The van der Waals surface area contributed by atoms with Crippen LogP contribution in [0.1, 0.15) is 26.7 Å². The maximum Gasteiger partial charge on any atom is 0.229 e. The lowest BCUT2D eigenvalue weighted by Crippen LogP contribution is -2.44. The van der Waals surface area contributed by atoms with Crippen LogP contribution >= 0.6 is 0 Å². The van der Waals surface area contributed by atoms with Crippen LogP contribution in [0.3, 0.4) is 0 Å². The van der Waals surface area contributed by atoms with Gasteiger partial charge in [-0.05, 0) is 25.0 Å². The summed E-state index contributed by atoms with van der Waals surface area (Å²) >= 11 is 0. The van der Waals surface area contributed by atoms with Gasteiger partial charge in [-0.15, -0.1) is 0 Å². The summed E-state index contributed by atoms with van der Waals surface area (Å²) in [6.45, 7) is 5.22. The van der Waals surface area contributed by atoms with Gasteiger partial charge in [0, 0.05) is 37.7 Å². The van der Waals surface area contributed by atoms with E-state index in [1.54, 1.807) is 4.90 Å². The first-order chi connectivity index (χ1) is 10.0. The van der Waals surface area contributed by atoms with Crippen LogP contribution in [0.15, 0.2) is 30.3 Å². The van der Waals surface area contributed by atoms with Gasteiger partial charge in [0.05, 0.1) is 0 Å². The van der Waals surface area contributed by atoms with Crippen molar-refractivity contribution in [3.8, 4) is 0 Å². The molecule has 1 aliphatic rings. The number of piperidine rings is 1. The average molecular weight is 288 g/mol. The fourth-order valence-corrected chi connectivity index (χ4v) is 2.76. The van der Waals surface area contributed by atoms with Gasteiger partial charge in [0.2, 0.25) is 11.8 Å². The van der Waals surface area contributed by atoms with E-state index >= 15 is 0 Å². The van der Waals surface area contributed by atoms with Crippen molar-refractivity contribution in [1.82, 2.24) is 4.90 Å². The zero-order chi connectivity index (χ0) is 15.4. The molecule has 4 nitrogen and oxygen atoms in total. The zero-order valence-electron chi connectivity index (χ0n) is 13.1. The van der Waals surface area contributed by atoms with Crippen LogP contribution in [-0.2, 0) is 9.59 Å². The molecule has 1 aromatic carbocycles. The summed E-state index contributed by atoms with van der Waals surface area (Å²) in [5.74, 6) is 0.394. The van der Waals surface area contributed by atoms with Gasteiger partial charge >= 0.3 is 0 Å². The summed E-state index contributed by atoms with van der Waals surface area (Å²) in [6.07, 6.45) is 1.52. The minimum Gasteiger partial charge on any atom is -0.342 e. The van der Waals surface area contributed by atoms with E-state index in [4.69, 9.17) is 0 Å². The Morgan fingerprint density at radius 3 is 2.24 bits per heavy atom. The predicted octanol–water partition coefficient (Wildman–Crippen LogP) is 2.54. The Hall–Kier alpha value is -1.84. The number of para-hydroxylation sites is 1. The Bertz CT molecular complexity index is 491. The Balaban J connectivity index is 1.93. The number of likely N-dealkylation sites (tertiary alicyclic amines) is 1. The Morgan fingerprint density at radius 1 is 1.14 bits per heavy atom. The molecular formula is C17H24N2O2. The number of carbonyl (C=O) groups is 2. The van der Waals surface area contributed by atoms with Crippen LogP contribution in [0.25, 0.3) is 0 Å². The van der Waals surface area contributed by atoms with Gasteiger partial charge in [-0.3, -0.25) is 9.59 Å². The third kappa shape index (κ3) is 3.63. The van der Waals surface area contributed by atoms with Gasteiger partial charge < -0.3 is 9.80 Å². The third-order valence-electron chi connectivity index (χ3n) is 4.12. The molecule has 0 aliphatic carbocycles. The van der Waals surface area contributed by atoms with Crippen molar-refractivity contribution in [2.24, 2.45) is 11.8 Å². The van der Waals surface area contributed by atoms with Crippen LogP contribution in [0, 0.1) is 11.8 Å². The van der Waals surface area contributed by atoms with Gasteiger partial charge in [-0.1, -0.05) is 32.0 Å². The van der Waals surface area contributed by atoms with E-state index in [0.717, 1.165) is 18.5 Å². The molecule has 0 bridgehead atoms. The Kier molecular flexibility index (Phi) is 4.99. The van der Waals surface area contributed by atoms with Crippen molar-refractivity contribution >= 4 is 17.5 Å². The van der Waals surface area contributed by atoms with Gasteiger partial charge in [0.1, 0.15) is 0 Å². The molecule has 0 spiro atoms. The van der Waals surface area contributed by atoms with E-state index in [1.807, 2.05) is 56.1 Å². The molecule has 0 aromatic heterocycles. The summed E-state index contributed by atoms with van der Waals surface area (Å²) in [6, 6.07) is 9.69. The molecule has 21 heavy (non-hydrogen) atoms. The van der Waals surface area contributed by atoms with Crippen LogP contribution in [-0.4, -0.2) is 36.9 Å². The average Bonchev–Trinajstić information content (AvgIpc) is 2.53. The summed E-state index contributed by atoms with van der Waals surface area (Å²) < 4.78 is 0. The normalized spacial score (nSPS) is 16.1.